The van der Waals surface area contributed by atoms with Gasteiger partial charge in [0.15, 0.2) is 0 Å². The summed E-state index contributed by atoms with van der Waals surface area (Å²) >= 11 is 0. The van der Waals surface area contributed by atoms with Crippen LogP contribution in [0.1, 0.15) is 25.0 Å². The van der Waals surface area contributed by atoms with Crippen molar-refractivity contribution in [3.8, 4) is 11.8 Å². The van der Waals surface area contributed by atoms with E-state index in [9.17, 15) is 5.11 Å². The Morgan fingerprint density at radius 3 is 2.33 bits per heavy atom. The van der Waals surface area contributed by atoms with Gasteiger partial charge in [-0.05, 0) is 18.6 Å². The van der Waals surface area contributed by atoms with Crippen LogP contribution in [0.15, 0.2) is 18.2 Å². The van der Waals surface area contributed by atoms with Crippen molar-refractivity contribution in [3.05, 3.63) is 29.3 Å². The van der Waals surface area contributed by atoms with Gasteiger partial charge in [-0.25, -0.2) is 0 Å². The molecule has 0 aliphatic rings. The maximum atomic E-state index is 9.18. The number of hydrogen-bond acceptors (Lipinski definition) is 2. The van der Waals surface area contributed by atoms with Crippen LogP contribution >= 0.6 is 0 Å². The third kappa shape index (κ3) is 2.28. The summed E-state index contributed by atoms with van der Waals surface area (Å²) in [6.45, 7) is 5.76. The van der Waals surface area contributed by atoms with Gasteiger partial charge in [-0.2, -0.15) is 5.26 Å². The Morgan fingerprint density at radius 2 is 1.92 bits per heavy atom. The fourth-order valence-electron chi connectivity index (χ4n) is 0.749. The largest absolute Gasteiger partial charge is 0.506 e. The van der Waals surface area contributed by atoms with Crippen LogP contribution in [0.25, 0.3) is 0 Å². The van der Waals surface area contributed by atoms with Gasteiger partial charge in [-0.3, -0.25) is 0 Å². The first kappa shape index (κ1) is 10.5. The SMILES string of the molecule is CC.Cc1cccc(C#N)c1O. The standard InChI is InChI=1S/C8H7NO.C2H6/c1-6-3-2-4-7(5-9)8(6)10;1-2/h2-4,10H,1H3;1-2H3. The lowest BCUT2D eigenvalue weighted by molar-refractivity contribution is 0.469. The molecule has 0 bridgehead atoms. The lowest BCUT2D eigenvalue weighted by Crippen LogP contribution is -1.78. The molecule has 0 unspecified atom stereocenters. The molecule has 0 heterocycles. The van der Waals surface area contributed by atoms with Crippen molar-refractivity contribution in [3.63, 3.8) is 0 Å². The average molecular weight is 163 g/mol. The summed E-state index contributed by atoms with van der Waals surface area (Å²) in [4.78, 5) is 0. The molecule has 0 aromatic heterocycles. The van der Waals surface area contributed by atoms with E-state index < -0.39 is 0 Å². The molecule has 0 radical (unpaired) electrons. The van der Waals surface area contributed by atoms with Crippen LogP contribution in [-0.4, -0.2) is 5.11 Å². The highest BCUT2D eigenvalue weighted by atomic mass is 16.3. The third-order valence-electron chi connectivity index (χ3n) is 1.36. The Hall–Kier alpha value is -1.49. The molecule has 0 aliphatic carbocycles. The minimum Gasteiger partial charge on any atom is -0.506 e. The lowest BCUT2D eigenvalue weighted by atomic mass is 10.1. The Balaban J connectivity index is 0.000000561. The third-order valence-corrected chi connectivity index (χ3v) is 1.36. The van der Waals surface area contributed by atoms with Crippen LogP contribution in [0.2, 0.25) is 0 Å². The van der Waals surface area contributed by atoms with Gasteiger partial charge in [-0.15, -0.1) is 0 Å². The topological polar surface area (TPSA) is 44.0 Å². The number of nitriles is 1. The number of aromatic hydroxyl groups is 1. The molecule has 1 N–H and O–H groups in total. The molecule has 0 fully saturated rings. The summed E-state index contributed by atoms with van der Waals surface area (Å²) in [5.41, 5.74) is 1.07. The second-order valence-corrected chi connectivity index (χ2v) is 2.08. The van der Waals surface area contributed by atoms with Gasteiger partial charge in [0.1, 0.15) is 11.8 Å². The Labute approximate surface area is 73.1 Å². The summed E-state index contributed by atoms with van der Waals surface area (Å²) in [6, 6.07) is 6.98. The monoisotopic (exact) mass is 163 g/mol. The van der Waals surface area contributed by atoms with Crippen molar-refractivity contribution in [2.75, 3.05) is 0 Å². The second kappa shape index (κ2) is 5.20. The maximum Gasteiger partial charge on any atom is 0.136 e. The predicted molar refractivity (Wildman–Crippen MR) is 48.9 cm³/mol. The smallest absolute Gasteiger partial charge is 0.136 e. The van der Waals surface area contributed by atoms with Crippen molar-refractivity contribution < 1.29 is 5.11 Å². The summed E-state index contributed by atoms with van der Waals surface area (Å²) in [5, 5.41) is 17.6. The van der Waals surface area contributed by atoms with Crippen LogP contribution in [0.4, 0.5) is 0 Å². The molecule has 12 heavy (non-hydrogen) atoms. The zero-order chi connectivity index (χ0) is 9.56. The Morgan fingerprint density at radius 1 is 1.33 bits per heavy atom. The van der Waals surface area contributed by atoms with E-state index in [4.69, 9.17) is 5.26 Å². The molecule has 0 saturated heterocycles. The lowest BCUT2D eigenvalue weighted by Gasteiger charge is -1.97. The molecule has 0 atom stereocenters. The molecule has 0 spiro atoms. The zero-order valence-corrected chi connectivity index (χ0v) is 7.63. The molecule has 1 aromatic carbocycles. The van der Waals surface area contributed by atoms with Gasteiger partial charge in [0.25, 0.3) is 0 Å². The fraction of sp³-hybridized carbons (Fsp3) is 0.300. The molecule has 64 valence electrons. The van der Waals surface area contributed by atoms with E-state index in [1.807, 2.05) is 19.9 Å². The molecule has 1 aromatic rings. The average Bonchev–Trinajstić information content (AvgIpc) is 2.13. The first-order valence-electron chi connectivity index (χ1n) is 3.94. The fourth-order valence-corrected chi connectivity index (χ4v) is 0.749. The predicted octanol–water partition coefficient (Wildman–Crippen LogP) is 2.60. The number of hydrogen-bond donors (Lipinski definition) is 1. The number of aryl methyl sites for hydroxylation is 1. The maximum absolute atomic E-state index is 9.18. The highest BCUT2D eigenvalue weighted by molar-refractivity contribution is 5.46. The van der Waals surface area contributed by atoms with Crippen LogP contribution < -0.4 is 0 Å². The number of para-hydroxylation sites is 1. The number of rotatable bonds is 0. The van der Waals surface area contributed by atoms with E-state index in [0.717, 1.165) is 5.56 Å². The van der Waals surface area contributed by atoms with Crippen molar-refractivity contribution in [2.24, 2.45) is 0 Å². The van der Waals surface area contributed by atoms with E-state index in [-0.39, 0.29) is 5.75 Å². The Bertz CT molecular complexity index is 286. The first-order chi connectivity index (χ1) is 5.75. The van der Waals surface area contributed by atoms with Crippen molar-refractivity contribution in [1.82, 2.24) is 0 Å². The normalized spacial score (nSPS) is 7.83. The minimum absolute atomic E-state index is 0.0880. The van der Waals surface area contributed by atoms with Gasteiger partial charge in [0.2, 0.25) is 0 Å². The van der Waals surface area contributed by atoms with Crippen LogP contribution in [0.5, 0.6) is 5.75 Å². The molecule has 0 amide bonds. The molecule has 2 heteroatoms. The van der Waals surface area contributed by atoms with Crippen LogP contribution in [0.3, 0.4) is 0 Å². The van der Waals surface area contributed by atoms with Gasteiger partial charge < -0.3 is 5.11 Å². The molecule has 2 nitrogen and oxygen atoms in total. The number of phenolic OH excluding ortho intramolecular Hbond substituents is 1. The molecule has 1 rings (SSSR count). The first-order valence-corrected chi connectivity index (χ1v) is 3.94. The number of phenols is 1. The Kier molecular flexibility index (Phi) is 4.55. The van der Waals surface area contributed by atoms with Crippen LogP contribution in [-0.2, 0) is 0 Å². The quantitative estimate of drug-likeness (QED) is 0.638. The van der Waals surface area contributed by atoms with Crippen molar-refractivity contribution in [1.29, 1.82) is 5.26 Å². The summed E-state index contributed by atoms with van der Waals surface area (Å²) < 4.78 is 0. The molecule has 0 aliphatic heterocycles. The molecule has 0 saturated carbocycles. The van der Waals surface area contributed by atoms with Gasteiger partial charge in [0.05, 0.1) is 5.56 Å². The van der Waals surface area contributed by atoms with E-state index in [0.29, 0.717) is 5.56 Å². The van der Waals surface area contributed by atoms with Gasteiger partial charge >= 0.3 is 0 Å². The molecular weight excluding hydrogens is 150 g/mol. The van der Waals surface area contributed by atoms with Gasteiger partial charge in [0, 0.05) is 0 Å². The number of nitrogens with zero attached hydrogens (tertiary/aromatic N) is 1. The molecular formula is C10H13NO. The van der Waals surface area contributed by atoms with Crippen LogP contribution in [0, 0.1) is 18.3 Å². The second-order valence-electron chi connectivity index (χ2n) is 2.08. The minimum atomic E-state index is 0.0880. The van der Waals surface area contributed by atoms with Gasteiger partial charge in [-0.1, -0.05) is 26.0 Å². The van der Waals surface area contributed by atoms with Crippen molar-refractivity contribution >= 4 is 0 Å². The van der Waals surface area contributed by atoms with E-state index in [1.54, 1.807) is 25.1 Å². The van der Waals surface area contributed by atoms with Crippen molar-refractivity contribution in [2.45, 2.75) is 20.8 Å². The zero-order valence-electron chi connectivity index (χ0n) is 7.63. The van der Waals surface area contributed by atoms with E-state index in [1.165, 1.54) is 0 Å². The van der Waals surface area contributed by atoms with E-state index in [2.05, 4.69) is 0 Å². The highest BCUT2D eigenvalue weighted by Gasteiger charge is 1.99. The summed E-state index contributed by atoms with van der Waals surface area (Å²) in [6.07, 6.45) is 0. The van der Waals surface area contributed by atoms with E-state index >= 15 is 0 Å². The summed E-state index contributed by atoms with van der Waals surface area (Å²) in [7, 11) is 0. The summed E-state index contributed by atoms with van der Waals surface area (Å²) in [5.74, 6) is 0.0880. The number of benzene rings is 1. The highest BCUT2D eigenvalue weighted by Crippen LogP contribution is 2.19.